The Hall–Kier alpha value is -2.25. The van der Waals surface area contributed by atoms with Gasteiger partial charge >= 0.3 is 0 Å². The second-order valence-corrected chi connectivity index (χ2v) is 6.40. The number of aromatic nitrogens is 1. The average Bonchev–Trinajstić information content (AvgIpc) is 3.02. The van der Waals surface area contributed by atoms with Crippen LogP contribution in [0.2, 0.25) is 0 Å². The molecular formula is C18H23FN4O2. The van der Waals surface area contributed by atoms with Crippen LogP contribution in [-0.2, 0) is 11.3 Å². The summed E-state index contributed by atoms with van der Waals surface area (Å²) in [4.78, 5) is 16.7. The number of piperazine rings is 1. The SMILES string of the molecule is Cc1cc(NC(=O)[C@H](C)N2CCN(Cc3ccccc3F)CC2)on1. The molecule has 1 atom stereocenters. The molecule has 1 saturated heterocycles. The Morgan fingerprint density at radius 1 is 1.32 bits per heavy atom. The highest BCUT2D eigenvalue weighted by atomic mass is 19.1. The summed E-state index contributed by atoms with van der Waals surface area (Å²) in [5.74, 6) is 0.0891. The van der Waals surface area contributed by atoms with Crippen molar-refractivity contribution in [1.29, 1.82) is 0 Å². The quantitative estimate of drug-likeness (QED) is 0.900. The molecule has 1 aromatic carbocycles. The molecule has 0 aliphatic carbocycles. The second kappa shape index (κ2) is 7.76. The molecule has 0 unspecified atom stereocenters. The van der Waals surface area contributed by atoms with Crippen molar-refractivity contribution in [2.45, 2.75) is 26.4 Å². The Labute approximate surface area is 146 Å². The molecule has 2 aromatic rings. The fourth-order valence-corrected chi connectivity index (χ4v) is 2.99. The number of hydrogen-bond acceptors (Lipinski definition) is 5. The van der Waals surface area contributed by atoms with Gasteiger partial charge in [0.1, 0.15) is 5.82 Å². The van der Waals surface area contributed by atoms with E-state index in [1.54, 1.807) is 19.1 Å². The lowest BCUT2D eigenvalue weighted by molar-refractivity contribution is -0.121. The highest BCUT2D eigenvalue weighted by Gasteiger charge is 2.26. The molecule has 1 aliphatic heterocycles. The van der Waals surface area contributed by atoms with E-state index in [1.165, 1.54) is 6.07 Å². The minimum atomic E-state index is -0.263. The molecule has 0 bridgehead atoms. The summed E-state index contributed by atoms with van der Waals surface area (Å²) in [6, 6.07) is 8.29. The summed E-state index contributed by atoms with van der Waals surface area (Å²) in [7, 11) is 0. The van der Waals surface area contributed by atoms with Gasteiger partial charge in [-0.3, -0.25) is 19.9 Å². The number of carbonyl (C=O) groups excluding carboxylic acids is 1. The van der Waals surface area contributed by atoms with E-state index in [2.05, 4.69) is 20.3 Å². The minimum Gasteiger partial charge on any atom is -0.338 e. The molecule has 3 rings (SSSR count). The number of aryl methyl sites for hydroxylation is 1. The van der Waals surface area contributed by atoms with E-state index >= 15 is 0 Å². The fraction of sp³-hybridized carbons (Fsp3) is 0.444. The monoisotopic (exact) mass is 346 g/mol. The topological polar surface area (TPSA) is 61.6 Å². The van der Waals surface area contributed by atoms with Crippen LogP contribution in [0, 0.1) is 12.7 Å². The summed E-state index contributed by atoms with van der Waals surface area (Å²) < 4.78 is 18.8. The van der Waals surface area contributed by atoms with Gasteiger partial charge in [-0.2, -0.15) is 0 Å². The highest BCUT2D eigenvalue weighted by Crippen LogP contribution is 2.15. The summed E-state index contributed by atoms with van der Waals surface area (Å²) >= 11 is 0. The Morgan fingerprint density at radius 3 is 2.68 bits per heavy atom. The van der Waals surface area contributed by atoms with Gasteiger partial charge in [0.15, 0.2) is 0 Å². The van der Waals surface area contributed by atoms with Crippen molar-refractivity contribution in [2.75, 3.05) is 31.5 Å². The first kappa shape index (κ1) is 17.6. The lowest BCUT2D eigenvalue weighted by atomic mass is 10.1. The van der Waals surface area contributed by atoms with Gasteiger partial charge in [0.2, 0.25) is 11.8 Å². The van der Waals surface area contributed by atoms with E-state index in [0.717, 1.165) is 31.9 Å². The van der Waals surface area contributed by atoms with Gasteiger partial charge in [0, 0.05) is 44.4 Å². The zero-order valence-electron chi connectivity index (χ0n) is 14.5. The van der Waals surface area contributed by atoms with Crippen molar-refractivity contribution in [2.24, 2.45) is 0 Å². The van der Waals surface area contributed by atoms with Crippen molar-refractivity contribution in [3.63, 3.8) is 0 Å². The zero-order chi connectivity index (χ0) is 17.8. The van der Waals surface area contributed by atoms with Crippen LogP contribution in [0.4, 0.5) is 10.3 Å². The van der Waals surface area contributed by atoms with E-state index < -0.39 is 0 Å². The predicted molar refractivity (Wildman–Crippen MR) is 92.6 cm³/mol. The summed E-state index contributed by atoms with van der Waals surface area (Å²) in [5.41, 5.74) is 1.44. The maximum atomic E-state index is 13.8. The molecule has 0 saturated carbocycles. The van der Waals surface area contributed by atoms with Crippen molar-refractivity contribution >= 4 is 11.8 Å². The summed E-state index contributed by atoms with van der Waals surface area (Å²) in [6.07, 6.45) is 0. The standard InChI is InChI=1S/C18H23FN4O2/c1-13-11-17(25-21-13)20-18(24)14(2)23-9-7-22(8-10-23)12-15-5-3-4-6-16(15)19/h3-6,11,14H,7-10,12H2,1-2H3,(H,20,24)/t14-/m0/s1. The van der Waals surface area contributed by atoms with E-state index in [0.29, 0.717) is 18.0 Å². The lowest BCUT2D eigenvalue weighted by Crippen LogP contribution is -2.52. The fourth-order valence-electron chi connectivity index (χ4n) is 2.99. The van der Waals surface area contributed by atoms with Crippen LogP contribution in [0.3, 0.4) is 0 Å². The smallest absolute Gasteiger partial charge is 0.243 e. The maximum absolute atomic E-state index is 13.8. The van der Waals surface area contributed by atoms with Crippen molar-refractivity contribution < 1.29 is 13.7 Å². The maximum Gasteiger partial charge on any atom is 0.243 e. The van der Waals surface area contributed by atoms with Crippen LogP contribution in [-0.4, -0.2) is 53.1 Å². The van der Waals surface area contributed by atoms with E-state index in [4.69, 9.17) is 4.52 Å². The van der Waals surface area contributed by atoms with Gasteiger partial charge in [0.05, 0.1) is 11.7 Å². The van der Waals surface area contributed by atoms with E-state index in [-0.39, 0.29) is 17.8 Å². The zero-order valence-corrected chi connectivity index (χ0v) is 14.5. The Kier molecular flexibility index (Phi) is 5.45. The van der Waals surface area contributed by atoms with E-state index in [1.807, 2.05) is 19.1 Å². The van der Waals surface area contributed by atoms with Crippen LogP contribution in [0.15, 0.2) is 34.9 Å². The number of hydrogen-bond donors (Lipinski definition) is 1. The van der Waals surface area contributed by atoms with Gasteiger partial charge in [-0.1, -0.05) is 23.4 Å². The van der Waals surface area contributed by atoms with Crippen molar-refractivity contribution in [3.8, 4) is 0 Å². The van der Waals surface area contributed by atoms with Gasteiger partial charge in [-0.05, 0) is 19.9 Å². The third-order valence-electron chi connectivity index (χ3n) is 4.56. The molecule has 1 N–H and O–H groups in total. The molecule has 25 heavy (non-hydrogen) atoms. The first-order valence-corrected chi connectivity index (χ1v) is 8.47. The Bertz CT molecular complexity index is 725. The lowest BCUT2D eigenvalue weighted by Gasteiger charge is -2.37. The summed E-state index contributed by atoms with van der Waals surface area (Å²) in [5, 5.41) is 6.50. The highest BCUT2D eigenvalue weighted by molar-refractivity contribution is 5.93. The molecule has 6 nitrogen and oxygen atoms in total. The van der Waals surface area contributed by atoms with E-state index in [9.17, 15) is 9.18 Å². The Morgan fingerprint density at radius 2 is 2.04 bits per heavy atom. The molecule has 1 amide bonds. The average molecular weight is 346 g/mol. The molecule has 0 spiro atoms. The molecular weight excluding hydrogens is 323 g/mol. The van der Waals surface area contributed by atoms with Crippen molar-refractivity contribution in [3.05, 3.63) is 47.4 Å². The summed E-state index contributed by atoms with van der Waals surface area (Å²) in [6.45, 7) is 7.40. The van der Waals surface area contributed by atoms with Crippen LogP contribution in [0.1, 0.15) is 18.2 Å². The molecule has 2 heterocycles. The number of amides is 1. The van der Waals surface area contributed by atoms with Gasteiger partial charge in [-0.15, -0.1) is 0 Å². The largest absolute Gasteiger partial charge is 0.338 e. The number of nitrogens with one attached hydrogen (secondary N) is 1. The molecule has 1 aliphatic rings. The third kappa shape index (κ3) is 4.43. The van der Waals surface area contributed by atoms with Crippen molar-refractivity contribution in [1.82, 2.24) is 15.0 Å². The van der Waals surface area contributed by atoms with Gasteiger partial charge < -0.3 is 4.52 Å². The molecule has 7 heteroatoms. The van der Waals surface area contributed by atoms with Crippen LogP contribution < -0.4 is 5.32 Å². The van der Waals surface area contributed by atoms with Gasteiger partial charge in [-0.25, -0.2) is 4.39 Å². The number of nitrogens with zero attached hydrogens (tertiary/aromatic N) is 3. The number of halogens is 1. The molecule has 134 valence electrons. The Balaban J connectivity index is 1.49. The number of anilines is 1. The third-order valence-corrected chi connectivity index (χ3v) is 4.56. The van der Waals surface area contributed by atoms with Crippen LogP contribution in [0.25, 0.3) is 0 Å². The molecule has 1 fully saturated rings. The number of benzene rings is 1. The minimum absolute atomic E-state index is 0.112. The van der Waals surface area contributed by atoms with Gasteiger partial charge in [0.25, 0.3) is 0 Å². The predicted octanol–water partition coefficient (Wildman–Crippen LogP) is 2.27. The number of rotatable bonds is 5. The first-order valence-electron chi connectivity index (χ1n) is 8.47. The molecule has 1 aromatic heterocycles. The van der Waals surface area contributed by atoms with Crippen LogP contribution in [0.5, 0.6) is 0 Å². The molecule has 0 radical (unpaired) electrons. The second-order valence-electron chi connectivity index (χ2n) is 6.40. The first-order chi connectivity index (χ1) is 12.0. The normalized spacial score (nSPS) is 17.4. The number of carbonyl (C=O) groups is 1. The van der Waals surface area contributed by atoms with Crippen LogP contribution >= 0.6 is 0 Å².